The molecule has 6 nitrogen and oxygen atoms in total. The SMILES string of the molecule is CC(C(=O)NCc1ccccc1F)N1CCN(CC(=O)N2CCCC2)CC1. The Kier molecular flexibility index (Phi) is 6.79. The summed E-state index contributed by atoms with van der Waals surface area (Å²) in [7, 11) is 0. The van der Waals surface area contributed by atoms with Gasteiger partial charge in [-0.2, -0.15) is 0 Å². The smallest absolute Gasteiger partial charge is 0.237 e. The highest BCUT2D eigenvalue weighted by molar-refractivity contribution is 5.81. The monoisotopic (exact) mass is 376 g/mol. The van der Waals surface area contributed by atoms with Crippen molar-refractivity contribution in [1.29, 1.82) is 0 Å². The molecular formula is C20H29FN4O2. The van der Waals surface area contributed by atoms with Crippen LogP contribution in [0, 0.1) is 5.82 Å². The van der Waals surface area contributed by atoms with E-state index in [-0.39, 0.29) is 30.2 Å². The van der Waals surface area contributed by atoms with E-state index in [0.29, 0.717) is 12.1 Å². The van der Waals surface area contributed by atoms with Gasteiger partial charge in [0, 0.05) is 51.4 Å². The van der Waals surface area contributed by atoms with Gasteiger partial charge in [-0.25, -0.2) is 4.39 Å². The third-order valence-corrected chi connectivity index (χ3v) is 5.56. The number of rotatable bonds is 6. The van der Waals surface area contributed by atoms with Crippen LogP contribution < -0.4 is 5.32 Å². The maximum Gasteiger partial charge on any atom is 0.237 e. The zero-order valence-electron chi connectivity index (χ0n) is 16.0. The summed E-state index contributed by atoms with van der Waals surface area (Å²) in [4.78, 5) is 30.9. The lowest BCUT2D eigenvalue weighted by Gasteiger charge is -2.37. The molecule has 1 atom stereocenters. The van der Waals surface area contributed by atoms with Crippen molar-refractivity contribution < 1.29 is 14.0 Å². The van der Waals surface area contributed by atoms with Gasteiger partial charge in [0.1, 0.15) is 5.82 Å². The number of hydrogen-bond donors (Lipinski definition) is 1. The summed E-state index contributed by atoms with van der Waals surface area (Å²) in [6.07, 6.45) is 2.22. The van der Waals surface area contributed by atoms with E-state index in [0.717, 1.165) is 52.1 Å². The van der Waals surface area contributed by atoms with E-state index in [4.69, 9.17) is 0 Å². The minimum absolute atomic E-state index is 0.0974. The molecule has 2 heterocycles. The second kappa shape index (κ2) is 9.28. The highest BCUT2D eigenvalue weighted by Gasteiger charge is 2.27. The molecule has 0 aliphatic carbocycles. The lowest BCUT2D eigenvalue weighted by Crippen LogP contribution is -2.55. The number of hydrogen-bond acceptors (Lipinski definition) is 4. The van der Waals surface area contributed by atoms with Crippen molar-refractivity contribution in [2.45, 2.75) is 32.4 Å². The van der Waals surface area contributed by atoms with Crippen LogP contribution in [0.2, 0.25) is 0 Å². The molecule has 0 spiro atoms. The van der Waals surface area contributed by atoms with Crippen molar-refractivity contribution in [1.82, 2.24) is 20.0 Å². The van der Waals surface area contributed by atoms with E-state index in [2.05, 4.69) is 15.1 Å². The summed E-state index contributed by atoms with van der Waals surface area (Å²) in [5.41, 5.74) is 0.489. The molecule has 2 aliphatic rings. The lowest BCUT2D eigenvalue weighted by atomic mass is 10.2. The molecule has 0 bridgehead atoms. The number of amides is 2. The molecule has 1 unspecified atom stereocenters. The maximum atomic E-state index is 13.7. The number of carbonyl (C=O) groups excluding carboxylic acids is 2. The largest absolute Gasteiger partial charge is 0.351 e. The number of piperazine rings is 1. The van der Waals surface area contributed by atoms with Gasteiger partial charge in [-0.3, -0.25) is 19.4 Å². The molecule has 148 valence electrons. The van der Waals surface area contributed by atoms with Crippen LogP contribution in [0.25, 0.3) is 0 Å². The number of nitrogens with zero attached hydrogens (tertiary/aromatic N) is 3. The first-order valence-electron chi connectivity index (χ1n) is 9.80. The van der Waals surface area contributed by atoms with Crippen molar-refractivity contribution in [3.63, 3.8) is 0 Å². The van der Waals surface area contributed by atoms with Gasteiger partial charge in [0.2, 0.25) is 11.8 Å². The number of nitrogens with one attached hydrogen (secondary N) is 1. The molecule has 27 heavy (non-hydrogen) atoms. The summed E-state index contributed by atoms with van der Waals surface area (Å²) in [5, 5.41) is 2.82. The van der Waals surface area contributed by atoms with Crippen molar-refractivity contribution in [2.75, 3.05) is 45.8 Å². The third-order valence-electron chi connectivity index (χ3n) is 5.56. The predicted octanol–water partition coefficient (Wildman–Crippen LogP) is 1.07. The van der Waals surface area contributed by atoms with Crippen LogP contribution in [-0.2, 0) is 16.1 Å². The minimum atomic E-state index is -0.304. The van der Waals surface area contributed by atoms with Gasteiger partial charge in [-0.05, 0) is 25.8 Å². The molecular weight excluding hydrogens is 347 g/mol. The molecule has 1 N–H and O–H groups in total. The van der Waals surface area contributed by atoms with Crippen LogP contribution >= 0.6 is 0 Å². The standard InChI is InChI=1S/C20H29FN4O2/c1-16(20(27)22-14-17-6-2-3-7-18(17)21)24-12-10-23(11-13-24)15-19(26)25-8-4-5-9-25/h2-3,6-7,16H,4-5,8-15H2,1H3,(H,22,27). The Balaban J connectivity index is 1.41. The Morgan fingerprint density at radius 1 is 1.07 bits per heavy atom. The van der Waals surface area contributed by atoms with Crippen molar-refractivity contribution in [2.24, 2.45) is 0 Å². The van der Waals surface area contributed by atoms with Crippen LogP contribution in [0.5, 0.6) is 0 Å². The molecule has 7 heteroatoms. The topological polar surface area (TPSA) is 55.9 Å². The van der Waals surface area contributed by atoms with Gasteiger partial charge < -0.3 is 10.2 Å². The van der Waals surface area contributed by atoms with E-state index in [1.807, 2.05) is 11.8 Å². The number of benzene rings is 1. The van der Waals surface area contributed by atoms with E-state index in [1.165, 1.54) is 6.07 Å². The Bertz CT molecular complexity index is 655. The summed E-state index contributed by atoms with van der Waals surface area (Å²) in [5.74, 6) is -0.182. The highest BCUT2D eigenvalue weighted by atomic mass is 19.1. The average Bonchev–Trinajstić information content (AvgIpc) is 3.22. The fraction of sp³-hybridized carbons (Fsp3) is 0.600. The summed E-state index contributed by atoms with van der Waals surface area (Å²) in [6.45, 7) is 7.39. The number of carbonyl (C=O) groups is 2. The molecule has 2 saturated heterocycles. The molecule has 0 saturated carbocycles. The molecule has 0 radical (unpaired) electrons. The van der Waals surface area contributed by atoms with Crippen LogP contribution in [0.1, 0.15) is 25.3 Å². The summed E-state index contributed by atoms with van der Waals surface area (Å²) >= 11 is 0. The number of halogens is 1. The van der Waals surface area contributed by atoms with E-state index >= 15 is 0 Å². The van der Waals surface area contributed by atoms with Gasteiger partial charge in [-0.1, -0.05) is 18.2 Å². The third kappa shape index (κ3) is 5.26. The Hall–Kier alpha value is -1.99. The minimum Gasteiger partial charge on any atom is -0.351 e. The Morgan fingerprint density at radius 2 is 1.74 bits per heavy atom. The van der Waals surface area contributed by atoms with Crippen LogP contribution in [0.4, 0.5) is 4.39 Å². The normalized spacial score (nSPS) is 19.9. The maximum absolute atomic E-state index is 13.7. The van der Waals surface area contributed by atoms with Crippen molar-refractivity contribution in [3.8, 4) is 0 Å². The molecule has 1 aromatic carbocycles. The van der Waals surface area contributed by atoms with Gasteiger partial charge in [0.15, 0.2) is 0 Å². The molecule has 3 rings (SSSR count). The Labute approximate surface area is 160 Å². The first-order valence-corrected chi connectivity index (χ1v) is 9.80. The van der Waals surface area contributed by atoms with Gasteiger partial charge in [-0.15, -0.1) is 0 Å². The Morgan fingerprint density at radius 3 is 2.41 bits per heavy atom. The molecule has 2 aliphatic heterocycles. The van der Waals surface area contributed by atoms with Gasteiger partial charge >= 0.3 is 0 Å². The summed E-state index contributed by atoms with van der Waals surface area (Å²) < 4.78 is 13.7. The van der Waals surface area contributed by atoms with Gasteiger partial charge in [0.05, 0.1) is 12.6 Å². The predicted molar refractivity (Wildman–Crippen MR) is 102 cm³/mol. The zero-order valence-corrected chi connectivity index (χ0v) is 16.0. The molecule has 2 fully saturated rings. The van der Waals surface area contributed by atoms with E-state index in [1.54, 1.807) is 18.2 Å². The van der Waals surface area contributed by atoms with E-state index < -0.39 is 0 Å². The fourth-order valence-electron chi connectivity index (χ4n) is 3.70. The van der Waals surface area contributed by atoms with Crippen molar-refractivity contribution >= 4 is 11.8 Å². The van der Waals surface area contributed by atoms with Crippen LogP contribution in [-0.4, -0.2) is 78.4 Å². The lowest BCUT2D eigenvalue weighted by molar-refractivity contribution is -0.133. The fourth-order valence-corrected chi connectivity index (χ4v) is 3.70. The van der Waals surface area contributed by atoms with Crippen LogP contribution in [0.15, 0.2) is 24.3 Å². The van der Waals surface area contributed by atoms with Crippen LogP contribution in [0.3, 0.4) is 0 Å². The average molecular weight is 376 g/mol. The molecule has 2 amide bonds. The van der Waals surface area contributed by atoms with Crippen molar-refractivity contribution in [3.05, 3.63) is 35.6 Å². The second-order valence-corrected chi connectivity index (χ2v) is 7.39. The zero-order chi connectivity index (χ0) is 19.2. The number of likely N-dealkylation sites (tertiary alicyclic amines) is 1. The first kappa shape index (κ1) is 19.8. The van der Waals surface area contributed by atoms with E-state index in [9.17, 15) is 14.0 Å². The highest BCUT2D eigenvalue weighted by Crippen LogP contribution is 2.11. The molecule has 0 aromatic heterocycles. The molecule has 1 aromatic rings. The first-order chi connectivity index (χ1) is 13.0. The second-order valence-electron chi connectivity index (χ2n) is 7.39. The van der Waals surface area contributed by atoms with Gasteiger partial charge in [0.25, 0.3) is 0 Å². The summed E-state index contributed by atoms with van der Waals surface area (Å²) in [6, 6.07) is 6.20. The quantitative estimate of drug-likeness (QED) is 0.807.